The standard InChI is InChI=1S/C13H24N2O4S/c1-3-10-9-15(6-8-20-10)13(18)14-11(12(16)17)5-4-7-19-2/h10-11H,3-9H2,1-2H3,(H,14,18)(H,16,17). The number of thioether (sulfide) groups is 1. The van der Waals surface area contributed by atoms with Gasteiger partial charge in [0.2, 0.25) is 0 Å². The lowest BCUT2D eigenvalue weighted by atomic mass is 10.1. The first-order valence-electron chi connectivity index (χ1n) is 6.97. The molecule has 116 valence electrons. The monoisotopic (exact) mass is 304 g/mol. The second-order valence-corrected chi connectivity index (χ2v) is 6.23. The Morgan fingerprint density at radius 3 is 2.90 bits per heavy atom. The summed E-state index contributed by atoms with van der Waals surface area (Å²) in [7, 11) is 1.57. The molecule has 1 saturated heterocycles. The molecule has 0 spiro atoms. The van der Waals surface area contributed by atoms with Gasteiger partial charge in [-0.05, 0) is 19.3 Å². The molecule has 1 aliphatic heterocycles. The van der Waals surface area contributed by atoms with Gasteiger partial charge in [0.05, 0.1) is 0 Å². The van der Waals surface area contributed by atoms with Crippen LogP contribution in [0.5, 0.6) is 0 Å². The summed E-state index contributed by atoms with van der Waals surface area (Å²) in [6, 6.07) is -1.11. The molecule has 0 saturated carbocycles. The number of ether oxygens (including phenoxy) is 1. The molecule has 6 nitrogen and oxygen atoms in total. The third kappa shape index (κ3) is 5.58. The van der Waals surface area contributed by atoms with E-state index in [0.717, 1.165) is 12.2 Å². The maximum absolute atomic E-state index is 12.1. The number of nitrogens with zero attached hydrogens (tertiary/aromatic N) is 1. The van der Waals surface area contributed by atoms with Crippen molar-refractivity contribution >= 4 is 23.8 Å². The maximum atomic E-state index is 12.1. The van der Waals surface area contributed by atoms with Crippen LogP contribution in [-0.2, 0) is 9.53 Å². The molecule has 0 aromatic heterocycles. The first-order chi connectivity index (χ1) is 9.58. The minimum atomic E-state index is -0.993. The summed E-state index contributed by atoms with van der Waals surface area (Å²) >= 11 is 1.87. The summed E-state index contributed by atoms with van der Waals surface area (Å²) in [5, 5.41) is 12.2. The molecule has 2 unspecified atom stereocenters. The third-order valence-electron chi connectivity index (χ3n) is 3.32. The smallest absolute Gasteiger partial charge is 0.326 e. The van der Waals surface area contributed by atoms with Gasteiger partial charge in [-0.1, -0.05) is 6.92 Å². The van der Waals surface area contributed by atoms with Crippen molar-refractivity contribution in [2.45, 2.75) is 37.5 Å². The fourth-order valence-corrected chi connectivity index (χ4v) is 3.26. The number of carboxylic acid groups (broad SMARTS) is 1. The van der Waals surface area contributed by atoms with Crippen LogP contribution < -0.4 is 5.32 Å². The Hall–Kier alpha value is -0.950. The Bertz CT molecular complexity index is 327. The number of amides is 2. The molecule has 2 atom stereocenters. The summed E-state index contributed by atoms with van der Waals surface area (Å²) in [5.74, 6) is -0.0826. The molecular formula is C13H24N2O4S. The SMILES string of the molecule is CCC1CN(C(=O)NC(CCCOC)C(=O)O)CCS1. The van der Waals surface area contributed by atoms with E-state index in [2.05, 4.69) is 12.2 Å². The van der Waals surface area contributed by atoms with Crippen molar-refractivity contribution in [3.05, 3.63) is 0 Å². The summed E-state index contributed by atoms with van der Waals surface area (Å²) in [5.41, 5.74) is 0. The molecule has 2 N–H and O–H groups in total. The van der Waals surface area contributed by atoms with Gasteiger partial charge >= 0.3 is 12.0 Å². The van der Waals surface area contributed by atoms with E-state index >= 15 is 0 Å². The molecular weight excluding hydrogens is 280 g/mol. The van der Waals surface area contributed by atoms with E-state index in [0.29, 0.717) is 37.8 Å². The van der Waals surface area contributed by atoms with Crippen molar-refractivity contribution in [1.82, 2.24) is 10.2 Å². The van der Waals surface area contributed by atoms with Gasteiger partial charge in [-0.2, -0.15) is 11.8 Å². The molecule has 0 aliphatic carbocycles. The van der Waals surface area contributed by atoms with E-state index in [1.807, 2.05) is 11.8 Å². The highest BCUT2D eigenvalue weighted by Crippen LogP contribution is 2.21. The fraction of sp³-hybridized carbons (Fsp3) is 0.846. The molecule has 1 heterocycles. The zero-order chi connectivity index (χ0) is 15.0. The predicted molar refractivity (Wildman–Crippen MR) is 79.2 cm³/mol. The number of carbonyl (C=O) groups excluding carboxylic acids is 1. The number of rotatable bonds is 7. The number of carboxylic acids is 1. The lowest BCUT2D eigenvalue weighted by Gasteiger charge is -2.32. The third-order valence-corrected chi connectivity index (χ3v) is 4.69. The zero-order valence-electron chi connectivity index (χ0n) is 12.1. The molecule has 0 aromatic rings. The van der Waals surface area contributed by atoms with Gasteiger partial charge in [-0.15, -0.1) is 0 Å². The molecule has 7 heteroatoms. The molecule has 1 rings (SSSR count). The second kappa shape index (κ2) is 9.07. The van der Waals surface area contributed by atoms with Crippen molar-refractivity contribution < 1.29 is 19.4 Å². The van der Waals surface area contributed by atoms with Gasteiger partial charge in [0.1, 0.15) is 6.04 Å². The number of urea groups is 1. The van der Waals surface area contributed by atoms with Crippen LogP contribution in [0.1, 0.15) is 26.2 Å². The first kappa shape index (κ1) is 17.1. The first-order valence-corrected chi connectivity index (χ1v) is 8.02. The highest BCUT2D eigenvalue weighted by Gasteiger charge is 2.26. The summed E-state index contributed by atoms with van der Waals surface area (Å²) in [6.45, 7) is 3.97. The van der Waals surface area contributed by atoms with Gasteiger partial charge < -0.3 is 20.1 Å². The van der Waals surface area contributed by atoms with Crippen molar-refractivity contribution in [3.63, 3.8) is 0 Å². The summed E-state index contributed by atoms with van der Waals surface area (Å²) in [4.78, 5) is 25.0. The summed E-state index contributed by atoms with van der Waals surface area (Å²) in [6.07, 6.45) is 2.01. The van der Waals surface area contributed by atoms with Gasteiger partial charge in [0.25, 0.3) is 0 Å². The highest BCUT2D eigenvalue weighted by atomic mass is 32.2. The fourth-order valence-electron chi connectivity index (χ4n) is 2.08. The zero-order valence-corrected chi connectivity index (χ0v) is 12.9. The van der Waals surface area contributed by atoms with Crippen LogP contribution in [-0.4, -0.2) is 65.9 Å². The van der Waals surface area contributed by atoms with Crippen LogP contribution in [0.25, 0.3) is 0 Å². The maximum Gasteiger partial charge on any atom is 0.326 e. The van der Waals surface area contributed by atoms with Crippen LogP contribution in [0.4, 0.5) is 4.79 Å². The number of aliphatic carboxylic acids is 1. The number of carbonyl (C=O) groups is 2. The number of methoxy groups -OCH3 is 1. The minimum Gasteiger partial charge on any atom is -0.480 e. The summed E-state index contributed by atoms with van der Waals surface area (Å²) < 4.78 is 4.90. The molecule has 1 fully saturated rings. The molecule has 0 aromatic carbocycles. The molecule has 1 aliphatic rings. The number of hydrogen-bond acceptors (Lipinski definition) is 4. The van der Waals surface area contributed by atoms with E-state index in [4.69, 9.17) is 9.84 Å². The van der Waals surface area contributed by atoms with Gasteiger partial charge in [0.15, 0.2) is 0 Å². The van der Waals surface area contributed by atoms with Crippen LogP contribution in [0, 0.1) is 0 Å². The Kier molecular flexibility index (Phi) is 7.76. The van der Waals surface area contributed by atoms with E-state index in [-0.39, 0.29) is 6.03 Å². The molecule has 2 amide bonds. The lowest BCUT2D eigenvalue weighted by Crippen LogP contribution is -2.51. The van der Waals surface area contributed by atoms with Crippen LogP contribution in [0.15, 0.2) is 0 Å². The Morgan fingerprint density at radius 2 is 2.30 bits per heavy atom. The predicted octanol–water partition coefficient (Wildman–Crippen LogP) is 1.40. The highest BCUT2D eigenvalue weighted by molar-refractivity contribution is 8.00. The molecule has 20 heavy (non-hydrogen) atoms. The van der Waals surface area contributed by atoms with Gasteiger partial charge in [0, 0.05) is 37.8 Å². The number of nitrogens with one attached hydrogen (secondary N) is 1. The minimum absolute atomic E-state index is 0.270. The Balaban J connectivity index is 2.46. The van der Waals surface area contributed by atoms with Gasteiger partial charge in [-0.25, -0.2) is 9.59 Å². The average molecular weight is 304 g/mol. The van der Waals surface area contributed by atoms with Crippen LogP contribution in [0.3, 0.4) is 0 Å². The van der Waals surface area contributed by atoms with Crippen LogP contribution in [0.2, 0.25) is 0 Å². The van der Waals surface area contributed by atoms with E-state index in [9.17, 15) is 9.59 Å². The van der Waals surface area contributed by atoms with E-state index in [1.54, 1.807) is 12.0 Å². The van der Waals surface area contributed by atoms with Crippen molar-refractivity contribution in [3.8, 4) is 0 Å². The van der Waals surface area contributed by atoms with Crippen molar-refractivity contribution in [2.24, 2.45) is 0 Å². The van der Waals surface area contributed by atoms with Crippen molar-refractivity contribution in [2.75, 3.05) is 32.6 Å². The lowest BCUT2D eigenvalue weighted by molar-refractivity contribution is -0.139. The second-order valence-electron chi connectivity index (χ2n) is 4.82. The Labute approximate surface area is 124 Å². The van der Waals surface area contributed by atoms with Gasteiger partial charge in [-0.3, -0.25) is 0 Å². The average Bonchev–Trinajstić information content (AvgIpc) is 2.46. The quantitative estimate of drug-likeness (QED) is 0.695. The van der Waals surface area contributed by atoms with E-state index in [1.165, 1.54) is 0 Å². The van der Waals surface area contributed by atoms with Crippen molar-refractivity contribution in [1.29, 1.82) is 0 Å². The molecule has 0 radical (unpaired) electrons. The number of hydrogen-bond donors (Lipinski definition) is 2. The molecule has 0 bridgehead atoms. The van der Waals surface area contributed by atoms with E-state index < -0.39 is 12.0 Å². The normalized spacial score (nSPS) is 20.5. The Morgan fingerprint density at radius 1 is 1.55 bits per heavy atom. The van der Waals surface area contributed by atoms with Crippen LogP contribution >= 0.6 is 11.8 Å². The topological polar surface area (TPSA) is 78.9 Å². The largest absolute Gasteiger partial charge is 0.480 e.